The summed E-state index contributed by atoms with van der Waals surface area (Å²) in [5.74, 6) is 0.427. The highest BCUT2D eigenvalue weighted by Gasteiger charge is 2.09. The van der Waals surface area contributed by atoms with Crippen LogP contribution in [0.3, 0.4) is 0 Å². The van der Waals surface area contributed by atoms with E-state index in [1.54, 1.807) is 6.07 Å². The number of aliphatic hydroxyl groups is 1. The summed E-state index contributed by atoms with van der Waals surface area (Å²) in [5.41, 5.74) is 1.26. The molecule has 0 bridgehead atoms. The SMILES string of the molecule is CS(=O)(=O)c1ccc2nc(CO)[nH]c2c1. The lowest BCUT2D eigenvalue weighted by Gasteiger charge is -1.96. The maximum absolute atomic E-state index is 11.3. The summed E-state index contributed by atoms with van der Waals surface area (Å²) in [7, 11) is -3.20. The molecule has 1 aromatic heterocycles. The maximum atomic E-state index is 11.3. The number of fused-ring (bicyclic) bond motifs is 1. The Morgan fingerprint density at radius 2 is 2.20 bits per heavy atom. The van der Waals surface area contributed by atoms with Gasteiger partial charge >= 0.3 is 0 Å². The largest absolute Gasteiger partial charge is 0.388 e. The number of H-pyrrole nitrogens is 1. The first-order valence-electron chi connectivity index (χ1n) is 4.30. The number of benzene rings is 1. The van der Waals surface area contributed by atoms with Gasteiger partial charge in [-0.2, -0.15) is 0 Å². The van der Waals surface area contributed by atoms with Crippen LogP contribution in [0.25, 0.3) is 11.0 Å². The topological polar surface area (TPSA) is 83.1 Å². The van der Waals surface area contributed by atoms with Crippen LogP contribution in [0.4, 0.5) is 0 Å². The molecule has 0 aliphatic heterocycles. The predicted molar refractivity (Wildman–Crippen MR) is 55.1 cm³/mol. The van der Waals surface area contributed by atoms with Gasteiger partial charge in [0.25, 0.3) is 0 Å². The molecule has 15 heavy (non-hydrogen) atoms. The highest BCUT2D eigenvalue weighted by molar-refractivity contribution is 7.90. The molecule has 2 rings (SSSR count). The lowest BCUT2D eigenvalue weighted by molar-refractivity contribution is 0.273. The summed E-state index contributed by atoms with van der Waals surface area (Å²) in [6.07, 6.45) is 1.15. The second kappa shape index (κ2) is 3.32. The fourth-order valence-electron chi connectivity index (χ4n) is 1.35. The molecule has 0 radical (unpaired) electrons. The molecule has 0 aliphatic rings. The number of nitrogens with zero attached hydrogens (tertiary/aromatic N) is 1. The van der Waals surface area contributed by atoms with E-state index in [2.05, 4.69) is 9.97 Å². The van der Waals surface area contributed by atoms with Crippen molar-refractivity contribution in [2.24, 2.45) is 0 Å². The molecule has 0 atom stereocenters. The van der Waals surface area contributed by atoms with Crippen LogP contribution in [0.5, 0.6) is 0 Å². The minimum Gasteiger partial charge on any atom is -0.388 e. The zero-order valence-corrected chi connectivity index (χ0v) is 8.87. The van der Waals surface area contributed by atoms with E-state index < -0.39 is 9.84 Å². The first-order chi connectivity index (χ1) is 7.00. The lowest BCUT2D eigenvalue weighted by atomic mass is 10.3. The monoisotopic (exact) mass is 226 g/mol. The van der Waals surface area contributed by atoms with Gasteiger partial charge in [-0.3, -0.25) is 0 Å². The van der Waals surface area contributed by atoms with Crippen LogP contribution in [-0.2, 0) is 16.4 Å². The summed E-state index contributed by atoms with van der Waals surface area (Å²) >= 11 is 0. The molecule has 1 aromatic carbocycles. The van der Waals surface area contributed by atoms with Crippen LogP contribution in [0, 0.1) is 0 Å². The van der Waals surface area contributed by atoms with Gasteiger partial charge in [0.05, 0.1) is 15.9 Å². The van der Waals surface area contributed by atoms with Crippen molar-refractivity contribution in [2.45, 2.75) is 11.5 Å². The van der Waals surface area contributed by atoms with Crippen molar-refractivity contribution in [2.75, 3.05) is 6.26 Å². The van der Waals surface area contributed by atoms with Crippen LogP contribution >= 0.6 is 0 Å². The molecule has 0 amide bonds. The van der Waals surface area contributed by atoms with E-state index in [-0.39, 0.29) is 11.5 Å². The number of sulfone groups is 1. The van der Waals surface area contributed by atoms with E-state index in [1.165, 1.54) is 12.1 Å². The molecule has 6 heteroatoms. The summed E-state index contributed by atoms with van der Waals surface area (Å²) < 4.78 is 22.5. The van der Waals surface area contributed by atoms with Gasteiger partial charge in [-0.15, -0.1) is 0 Å². The van der Waals surface area contributed by atoms with Crippen LogP contribution < -0.4 is 0 Å². The zero-order valence-electron chi connectivity index (χ0n) is 8.06. The van der Waals surface area contributed by atoms with Gasteiger partial charge in [0.1, 0.15) is 12.4 Å². The number of hydrogen-bond donors (Lipinski definition) is 2. The Balaban J connectivity index is 2.66. The Kier molecular flexibility index (Phi) is 2.24. The van der Waals surface area contributed by atoms with Crippen LogP contribution in [0.1, 0.15) is 5.82 Å². The van der Waals surface area contributed by atoms with E-state index >= 15 is 0 Å². The van der Waals surface area contributed by atoms with Crippen molar-refractivity contribution in [1.29, 1.82) is 0 Å². The maximum Gasteiger partial charge on any atom is 0.175 e. The number of aromatic nitrogens is 2. The first-order valence-corrected chi connectivity index (χ1v) is 6.19. The van der Waals surface area contributed by atoms with Crippen molar-refractivity contribution in [3.8, 4) is 0 Å². The molecule has 0 saturated carbocycles. The van der Waals surface area contributed by atoms with Crippen molar-refractivity contribution in [1.82, 2.24) is 9.97 Å². The van der Waals surface area contributed by atoms with E-state index in [0.717, 1.165) is 6.26 Å². The van der Waals surface area contributed by atoms with Crippen molar-refractivity contribution >= 4 is 20.9 Å². The average molecular weight is 226 g/mol. The van der Waals surface area contributed by atoms with Crippen molar-refractivity contribution in [3.63, 3.8) is 0 Å². The number of hydrogen-bond acceptors (Lipinski definition) is 4. The van der Waals surface area contributed by atoms with Gasteiger partial charge in [-0.05, 0) is 18.2 Å². The Hall–Kier alpha value is -1.40. The zero-order chi connectivity index (χ0) is 11.1. The number of aromatic amines is 1. The van der Waals surface area contributed by atoms with E-state index in [0.29, 0.717) is 16.9 Å². The molecule has 1 heterocycles. The van der Waals surface area contributed by atoms with Gasteiger partial charge in [-0.25, -0.2) is 13.4 Å². The highest BCUT2D eigenvalue weighted by atomic mass is 32.2. The summed E-state index contributed by atoms with van der Waals surface area (Å²) in [4.78, 5) is 7.13. The van der Waals surface area contributed by atoms with Gasteiger partial charge in [-0.1, -0.05) is 0 Å². The molecule has 2 N–H and O–H groups in total. The summed E-state index contributed by atoms with van der Waals surface area (Å²) in [6.45, 7) is -0.192. The second-order valence-corrected chi connectivity index (χ2v) is 5.31. The summed E-state index contributed by atoms with van der Waals surface area (Å²) in [6, 6.07) is 4.62. The molecule has 0 fully saturated rings. The number of rotatable bonds is 2. The van der Waals surface area contributed by atoms with E-state index in [4.69, 9.17) is 5.11 Å². The van der Waals surface area contributed by atoms with Crippen molar-refractivity contribution in [3.05, 3.63) is 24.0 Å². The Morgan fingerprint density at radius 3 is 2.80 bits per heavy atom. The van der Waals surface area contributed by atoms with Crippen LogP contribution in [0.2, 0.25) is 0 Å². The Bertz CT molecular complexity index is 601. The van der Waals surface area contributed by atoms with Gasteiger partial charge in [0.2, 0.25) is 0 Å². The molecular formula is C9H10N2O3S. The number of imidazole rings is 1. The van der Waals surface area contributed by atoms with E-state index in [1.807, 2.05) is 0 Å². The fourth-order valence-corrected chi connectivity index (χ4v) is 1.99. The molecule has 5 nitrogen and oxygen atoms in total. The molecule has 0 saturated heterocycles. The highest BCUT2D eigenvalue weighted by Crippen LogP contribution is 2.17. The van der Waals surface area contributed by atoms with Gasteiger partial charge < -0.3 is 10.1 Å². The fraction of sp³-hybridized carbons (Fsp3) is 0.222. The smallest absolute Gasteiger partial charge is 0.175 e. The first kappa shape index (κ1) is 10.1. The molecule has 0 spiro atoms. The minimum absolute atomic E-state index is 0.192. The third-order valence-corrected chi connectivity index (χ3v) is 3.19. The molecular weight excluding hydrogens is 216 g/mol. The summed E-state index contributed by atoms with van der Waals surface area (Å²) in [5, 5.41) is 8.86. The molecule has 2 aromatic rings. The van der Waals surface area contributed by atoms with Gasteiger partial charge in [0, 0.05) is 6.26 Å². The minimum atomic E-state index is -3.20. The predicted octanol–water partition coefficient (Wildman–Crippen LogP) is 0.459. The second-order valence-electron chi connectivity index (χ2n) is 3.29. The Morgan fingerprint density at radius 1 is 1.47 bits per heavy atom. The quantitative estimate of drug-likeness (QED) is 0.779. The van der Waals surface area contributed by atoms with Crippen molar-refractivity contribution < 1.29 is 13.5 Å². The molecule has 0 aliphatic carbocycles. The normalized spacial score (nSPS) is 12.1. The number of nitrogens with one attached hydrogen (secondary N) is 1. The standard InChI is InChI=1S/C9H10N2O3S/c1-15(13,14)6-2-3-7-8(4-6)11-9(5-12)10-7/h2-4,12H,5H2,1H3,(H,10,11). The average Bonchev–Trinajstić information content (AvgIpc) is 2.57. The molecule has 0 unspecified atom stereocenters. The Labute approximate surface area is 86.7 Å². The van der Waals surface area contributed by atoms with Gasteiger partial charge in [0.15, 0.2) is 9.84 Å². The van der Waals surface area contributed by atoms with E-state index in [9.17, 15) is 8.42 Å². The third-order valence-electron chi connectivity index (χ3n) is 2.08. The van der Waals surface area contributed by atoms with Crippen LogP contribution in [-0.4, -0.2) is 29.7 Å². The number of aliphatic hydroxyl groups excluding tert-OH is 1. The third kappa shape index (κ3) is 1.86. The molecule has 80 valence electrons. The lowest BCUT2D eigenvalue weighted by Crippen LogP contribution is -1.96. The van der Waals surface area contributed by atoms with Crippen LogP contribution in [0.15, 0.2) is 23.1 Å².